The van der Waals surface area contributed by atoms with Crippen molar-refractivity contribution in [2.75, 3.05) is 13.1 Å². The molecule has 0 unspecified atom stereocenters. The van der Waals surface area contributed by atoms with E-state index in [2.05, 4.69) is 25.7 Å². The summed E-state index contributed by atoms with van der Waals surface area (Å²) in [5, 5.41) is 0. The maximum absolute atomic E-state index is 11.4. The molecule has 0 heterocycles. The van der Waals surface area contributed by atoms with Gasteiger partial charge in [0.05, 0.1) is 0 Å². The number of carbonyl (C=O) groups excluding carboxylic acids is 1. The third-order valence-electron chi connectivity index (χ3n) is 2.48. The lowest BCUT2D eigenvalue weighted by Crippen LogP contribution is -2.32. The molecule has 3 heteroatoms. The minimum atomic E-state index is -0.409. The van der Waals surface area contributed by atoms with Crippen LogP contribution in [0.25, 0.3) is 0 Å². The monoisotopic (exact) mass is 255 g/mol. The average Bonchev–Trinajstić information content (AvgIpc) is 2.19. The van der Waals surface area contributed by atoms with E-state index in [0.29, 0.717) is 6.04 Å². The van der Waals surface area contributed by atoms with Crippen LogP contribution in [-0.2, 0) is 9.53 Å². The summed E-state index contributed by atoms with van der Waals surface area (Å²) in [5.74, 6) is -0.255. The molecule has 18 heavy (non-hydrogen) atoms. The first-order valence-electron chi connectivity index (χ1n) is 6.90. The van der Waals surface area contributed by atoms with Gasteiger partial charge in [-0.2, -0.15) is 0 Å². The molecule has 0 bridgehead atoms. The molecule has 0 aliphatic carbocycles. The predicted molar refractivity (Wildman–Crippen MR) is 76.6 cm³/mol. The molecule has 0 aromatic heterocycles. The van der Waals surface area contributed by atoms with Crippen molar-refractivity contribution < 1.29 is 9.53 Å². The Morgan fingerprint density at radius 3 is 2.33 bits per heavy atom. The van der Waals surface area contributed by atoms with Gasteiger partial charge in [0, 0.05) is 18.7 Å². The number of ether oxygens (including phenoxy) is 1. The van der Waals surface area contributed by atoms with Gasteiger partial charge in [0.15, 0.2) is 0 Å². The molecule has 0 fully saturated rings. The molecule has 0 aliphatic heterocycles. The Kier molecular flexibility index (Phi) is 7.92. The minimum absolute atomic E-state index is 0.255. The van der Waals surface area contributed by atoms with E-state index in [1.165, 1.54) is 6.08 Å². The normalized spacial score (nSPS) is 12.7. The first kappa shape index (κ1) is 17.2. The van der Waals surface area contributed by atoms with Crippen molar-refractivity contribution in [3.63, 3.8) is 0 Å². The third-order valence-corrected chi connectivity index (χ3v) is 2.48. The summed E-state index contributed by atoms with van der Waals surface area (Å²) in [6.07, 6.45) is 5.49. The summed E-state index contributed by atoms with van der Waals surface area (Å²) in [6.45, 7) is 14.3. The highest BCUT2D eigenvalue weighted by Crippen LogP contribution is 2.07. The molecule has 0 atom stereocenters. The highest BCUT2D eigenvalue weighted by Gasteiger charge is 2.13. The predicted octanol–water partition coefficient (Wildman–Crippen LogP) is 3.39. The fraction of sp³-hybridized carbons (Fsp3) is 0.800. The van der Waals surface area contributed by atoms with Gasteiger partial charge >= 0.3 is 5.97 Å². The van der Waals surface area contributed by atoms with Crippen molar-refractivity contribution in [3.8, 4) is 0 Å². The molecule has 0 radical (unpaired) electrons. The number of nitrogens with zero attached hydrogens (tertiary/aromatic N) is 1. The molecular formula is C15H29NO2. The van der Waals surface area contributed by atoms with Gasteiger partial charge in [-0.25, -0.2) is 4.79 Å². The van der Waals surface area contributed by atoms with Crippen LogP contribution in [0.2, 0.25) is 0 Å². The molecule has 0 spiro atoms. The van der Waals surface area contributed by atoms with E-state index < -0.39 is 5.60 Å². The van der Waals surface area contributed by atoms with Crippen molar-refractivity contribution in [2.24, 2.45) is 0 Å². The number of hydrogen-bond acceptors (Lipinski definition) is 3. The summed E-state index contributed by atoms with van der Waals surface area (Å²) < 4.78 is 5.20. The van der Waals surface area contributed by atoms with E-state index in [1.54, 1.807) is 0 Å². The Morgan fingerprint density at radius 2 is 1.89 bits per heavy atom. The van der Waals surface area contributed by atoms with E-state index >= 15 is 0 Å². The van der Waals surface area contributed by atoms with Crippen LogP contribution in [0.5, 0.6) is 0 Å². The van der Waals surface area contributed by atoms with Gasteiger partial charge in [-0.3, -0.25) is 0 Å². The second-order valence-electron chi connectivity index (χ2n) is 5.85. The number of rotatable bonds is 7. The minimum Gasteiger partial charge on any atom is -0.457 e. The van der Waals surface area contributed by atoms with Crippen molar-refractivity contribution in [1.82, 2.24) is 4.90 Å². The summed E-state index contributed by atoms with van der Waals surface area (Å²) in [6, 6.07) is 0.555. The first-order chi connectivity index (χ1) is 8.26. The summed E-state index contributed by atoms with van der Waals surface area (Å²) in [5.41, 5.74) is -0.409. The van der Waals surface area contributed by atoms with E-state index in [9.17, 15) is 4.79 Å². The molecule has 0 aromatic carbocycles. The first-order valence-corrected chi connectivity index (χ1v) is 6.90. The van der Waals surface area contributed by atoms with E-state index in [-0.39, 0.29) is 5.97 Å². The lowest BCUT2D eigenvalue weighted by atomic mass is 10.2. The molecule has 0 rings (SSSR count). The second-order valence-corrected chi connectivity index (χ2v) is 5.85. The molecule has 0 N–H and O–H groups in total. The van der Waals surface area contributed by atoms with Crippen LogP contribution in [-0.4, -0.2) is 35.6 Å². The van der Waals surface area contributed by atoms with Crippen molar-refractivity contribution in [1.29, 1.82) is 0 Å². The SMILES string of the molecule is CCCN(CC/C=C\C(=O)OC(C)(C)C)C(C)C. The fourth-order valence-electron chi connectivity index (χ4n) is 1.67. The maximum Gasteiger partial charge on any atom is 0.330 e. The molecule has 0 aromatic rings. The van der Waals surface area contributed by atoms with E-state index in [1.807, 2.05) is 26.8 Å². The van der Waals surface area contributed by atoms with Crippen molar-refractivity contribution in [2.45, 2.75) is 66.0 Å². The van der Waals surface area contributed by atoms with Crippen LogP contribution in [0, 0.1) is 0 Å². The lowest BCUT2D eigenvalue weighted by Gasteiger charge is -2.25. The number of esters is 1. The van der Waals surface area contributed by atoms with Gasteiger partial charge < -0.3 is 9.64 Å². The van der Waals surface area contributed by atoms with Gasteiger partial charge in [-0.05, 0) is 54.0 Å². The van der Waals surface area contributed by atoms with Crippen LogP contribution in [0.1, 0.15) is 54.4 Å². The van der Waals surface area contributed by atoms with Crippen LogP contribution >= 0.6 is 0 Å². The highest BCUT2D eigenvalue weighted by molar-refractivity contribution is 5.82. The largest absolute Gasteiger partial charge is 0.457 e. The topological polar surface area (TPSA) is 29.5 Å². The average molecular weight is 255 g/mol. The zero-order chi connectivity index (χ0) is 14.2. The Hall–Kier alpha value is -0.830. The van der Waals surface area contributed by atoms with Crippen molar-refractivity contribution >= 4 is 5.97 Å². The molecule has 106 valence electrons. The molecule has 0 saturated heterocycles. The van der Waals surface area contributed by atoms with Gasteiger partial charge in [-0.15, -0.1) is 0 Å². The third kappa shape index (κ3) is 9.23. The van der Waals surface area contributed by atoms with Crippen molar-refractivity contribution in [3.05, 3.63) is 12.2 Å². The van der Waals surface area contributed by atoms with E-state index in [4.69, 9.17) is 4.74 Å². The maximum atomic E-state index is 11.4. The van der Waals surface area contributed by atoms with E-state index in [0.717, 1.165) is 25.9 Å². The van der Waals surface area contributed by atoms with Gasteiger partial charge in [0.25, 0.3) is 0 Å². The molecule has 3 nitrogen and oxygen atoms in total. The Balaban J connectivity index is 3.98. The summed E-state index contributed by atoms with van der Waals surface area (Å²) in [4.78, 5) is 13.9. The fourth-order valence-corrected chi connectivity index (χ4v) is 1.67. The van der Waals surface area contributed by atoms with Gasteiger partial charge in [0.2, 0.25) is 0 Å². The summed E-state index contributed by atoms with van der Waals surface area (Å²) >= 11 is 0. The molecule has 0 saturated carbocycles. The van der Waals surface area contributed by atoms with Crippen LogP contribution in [0.15, 0.2) is 12.2 Å². The zero-order valence-corrected chi connectivity index (χ0v) is 12.8. The standard InChI is InChI=1S/C15H29NO2/c1-7-11-16(13(2)3)12-9-8-10-14(17)18-15(4,5)6/h8,10,13H,7,9,11-12H2,1-6H3/b10-8-. The van der Waals surface area contributed by atoms with Crippen LogP contribution in [0.4, 0.5) is 0 Å². The molecule has 0 amide bonds. The smallest absolute Gasteiger partial charge is 0.330 e. The quantitative estimate of drug-likeness (QED) is 0.516. The van der Waals surface area contributed by atoms with Gasteiger partial charge in [0.1, 0.15) is 5.60 Å². The summed E-state index contributed by atoms with van der Waals surface area (Å²) in [7, 11) is 0. The van der Waals surface area contributed by atoms with Crippen LogP contribution in [0.3, 0.4) is 0 Å². The van der Waals surface area contributed by atoms with Gasteiger partial charge in [-0.1, -0.05) is 13.0 Å². The second kappa shape index (κ2) is 8.30. The molecular weight excluding hydrogens is 226 g/mol. The highest BCUT2D eigenvalue weighted by atomic mass is 16.6. The number of hydrogen-bond donors (Lipinski definition) is 0. The molecule has 0 aliphatic rings. The Bertz CT molecular complexity index is 264. The Labute approximate surface area is 112 Å². The lowest BCUT2D eigenvalue weighted by molar-refractivity contribution is -0.148. The Morgan fingerprint density at radius 1 is 1.28 bits per heavy atom. The van der Waals surface area contributed by atoms with Crippen LogP contribution < -0.4 is 0 Å². The zero-order valence-electron chi connectivity index (χ0n) is 12.8. The number of carbonyl (C=O) groups is 1.